The summed E-state index contributed by atoms with van der Waals surface area (Å²) in [5.74, 6) is 1.12. The van der Waals surface area contributed by atoms with Crippen LogP contribution in [0.15, 0.2) is 54.6 Å². The molecule has 0 aromatic heterocycles. The first kappa shape index (κ1) is 22.8. The summed E-state index contributed by atoms with van der Waals surface area (Å²) in [5, 5.41) is 2.63. The highest BCUT2D eigenvalue weighted by Crippen LogP contribution is 2.19. The molecule has 0 radical (unpaired) electrons. The van der Waals surface area contributed by atoms with E-state index in [2.05, 4.69) is 5.32 Å². The van der Waals surface area contributed by atoms with Gasteiger partial charge in [-0.25, -0.2) is 4.79 Å². The van der Waals surface area contributed by atoms with Crippen LogP contribution in [0.3, 0.4) is 0 Å². The van der Waals surface area contributed by atoms with Crippen molar-refractivity contribution in [3.8, 4) is 17.2 Å². The molecule has 1 N–H and O–H groups in total. The van der Waals surface area contributed by atoms with Gasteiger partial charge in [-0.2, -0.15) is 0 Å². The molecule has 0 saturated carbocycles. The first-order chi connectivity index (χ1) is 14.6. The molecule has 160 valence electrons. The second-order valence-electron chi connectivity index (χ2n) is 6.01. The Kier molecular flexibility index (Phi) is 9.79. The van der Waals surface area contributed by atoms with E-state index in [9.17, 15) is 9.59 Å². The van der Waals surface area contributed by atoms with E-state index in [0.717, 1.165) is 11.3 Å². The number of ether oxygens (including phenoxy) is 4. The molecule has 2 aromatic carbocycles. The van der Waals surface area contributed by atoms with Crippen LogP contribution in [0.4, 0.5) is 0 Å². The molecule has 7 heteroatoms. The number of carbonyl (C=O) groups excluding carboxylic acids is 2. The average molecular weight is 413 g/mol. The predicted octanol–water partition coefficient (Wildman–Crippen LogP) is 3.24. The van der Waals surface area contributed by atoms with Crippen molar-refractivity contribution in [1.82, 2.24) is 5.32 Å². The van der Waals surface area contributed by atoms with Gasteiger partial charge < -0.3 is 24.3 Å². The number of carbonyl (C=O) groups is 2. The highest BCUT2D eigenvalue weighted by molar-refractivity contribution is 5.89. The van der Waals surface area contributed by atoms with Crippen molar-refractivity contribution in [2.75, 3.05) is 33.0 Å². The van der Waals surface area contributed by atoms with Crippen LogP contribution >= 0.6 is 0 Å². The summed E-state index contributed by atoms with van der Waals surface area (Å²) in [6.07, 6.45) is 2.86. The number of rotatable bonds is 12. The van der Waals surface area contributed by atoms with E-state index in [1.54, 1.807) is 18.2 Å². The van der Waals surface area contributed by atoms with Crippen molar-refractivity contribution < 1.29 is 28.5 Å². The average Bonchev–Trinajstić information content (AvgIpc) is 2.76. The predicted molar refractivity (Wildman–Crippen MR) is 114 cm³/mol. The lowest BCUT2D eigenvalue weighted by Gasteiger charge is -2.09. The Morgan fingerprint density at radius 1 is 0.900 bits per heavy atom. The number of esters is 1. The van der Waals surface area contributed by atoms with Crippen molar-refractivity contribution in [1.29, 1.82) is 0 Å². The lowest BCUT2D eigenvalue weighted by Crippen LogP contribution is -2.31. The number of hydrogen-bond acceptors (Lipinski definition) is 6. The number of amides is 1. The fourth-order valence-electron chi connectivity index (χ4n) is 2.46. The van der Waals surface area contributed by atoms with Crippen molar-refractivity contribution in [2.45, 2.75) is 13.8 Å². The lowest BCUT2D eigenvalue weighted by atomic mass is 10.2. The minimum atomic E-state index is -0.609. The third-order valence-corrected chi connectivity index (χ3v) is 3.79. The van der Waals surface area contributed by atoms with Crippen LogP contribution in [-0.4, -0.2) is 44.8 Å². The fourth-order valence-corrected chi connectivity index (χ4v) is 2.46. The Balaban J connectivity index is 1.65. The number of nitrogens with one attached hydrogen (secondary N) is 1. The van der Waals surface area contributed by atoms with Gasteiger partial charge >= 0.3 is 5.97 Å². The van der Waals surface area contributed by atoms with Crippen molar-refractivity contribution in [2.24, 2.45) is 0 Å². The SMILES string of the molecule is CCOc1ccc(OCCNC(=O)COC(=O)/C=C/c2ccccc2OCC)cc1. The Morgan fingerprint density at radius 2 is 1.57 bits per heavy atom. The largest absolute Gasteiger partial charge is 0.494 e. The molecule has 1 amide bonds. The molecule has 0 fully saturated rings. The molecule has 0 aliphatic heterocycles. The Morgan fingerprint density at radius 3 is 2.27 bits per heavy atom. The quantitative estimate of drug-likeness (QED) is 0.327. The zero-order chi connectivity index (χ0) is 21.6. The van der Waals surface area contributed by atoms with Crippen LogP contribution in [0.25, 0.3) is 6.08 Å². The first-order valence-corrected chi connectivity index (χ1v) is 9.81. The highest BCUT2D eigenvalue weighted by atomic mass is 16.5. The van der Waals surface area contributed by atoms with Gasteiger partial charge in [0.1, 0.15) is 23.9 Å². The number of para-hydroxylation sites is 1. The molecule has 30 heavy (non-hydrogen) atoms. The second-order valence-corrected chi connectivity index (χ2v) is 6.01. The highest BCUT2D eigenvalue weighted by Gasteiger charge is 2.06. The number of hydrogen-bond donors (Lipinski definition) is 1. The zero-order valence-electron chi connectivity index (χ0n) is 17.3. The fraction of sp³-hybridized carbons (Fsp3) is 0.304. The molecule has 0 saturated heterocycles. The van der Waals surface area contributed by atoms with Crippen LogP contribution in [0.1, 0.15) is 19.4 Å². The van der Waals surface area contributed by atoms with E-state index >= 15 is 0 Å². The summed E-state index contributed by atoms with van der Waals surface area (Å²) in [6, 6.07) is 14.6. The van der Waals surface area contributed by atoms with Crippen LogP contribution in [0.2, 0.25) is 0 Å². The number of benzene rings is 2. The summed E-state index contributed by atoms with van der Waals surface area (Å²) in [7, 11) is 0. The molecule has 7 nitrogen and oxygen atoms in total. The van der Waals surface area contributed by atoms with Crippen molar-refractivity contribution in [3.63, 3.8) is 0 Å². The maximum Gasteiger partial charge on any atom is 0.331 e. The van der Waals surface area contributed by atoms with Crippen molar-refractivity contribution in [3.05, 3.63) is 60.2 Å². The van der Waals surface area contributed by atoms with E-state index in [0.29, 0.717) is 37.9 Å². The molecule has 0 aliphatic rings. The maximum atomic E-state index is 11.8. The van der Waals surface area contributed by atoms with Gasteiger partial charge in [0.25, 0.3) is 5.91 Å². The van der Waals surface area contributed by atoms with Gasteiger partial charge in [0.05, 0.1) is 19.8 Å². The van der Waals surface area contributed by atoms with Gasteiger partial charge in [-0.1, -0.05) is 18.2 Å². The molecule has 0 spiro atoms. The molecular weight excluding hydrogens is 386 g/mol. The van der Waals surface area contributed by atoms with E-state index in [-0.39, 0.29) is 6.61 Å². The van der Waals surface area contributed by atoms with Crippen LogP contribution in [-0.2, 0) is 14.3 Å². The normalized spacial score (nSPS) is 10.5. The Hall–Kier alpha value is -3.48. The minimum Gasteiger partial charge on any atom is -0.494 e. The summed E-state index contributed by atoms with van der Waals surface area (Å²) in [5.41, 5.74) is 0.757. The van der Waals surface area contributed by atoms with Gasteiger partial charge in [-0.05, 0) is 50.3 Å². The Labute approximate surface area is 176 Å². The van der Waals surface area contributed by atoms with Gasteiger partial charge in [0, 0.05) is 11.6 Å². The third kappa shape index (κ3) is 8.26. The third-order valence-electron chi connectivity index (χ3n) is 3.79. The van der Waals surface area contributed by atoms with E-state index < -0.39 is 11.9 Å². The van der Waals surface area contributed by atoms with E-state index in [1.165, 1.54) is 6.08 Å². The van der Waals surface area contributed by atoms with Gasteiger partial charge in [0.2, 0.25) is 0 Å². The molecule has 0 unspecified atom stereocenters. The minimum absolute atomic E-state index is 0.293. The van der Waals surface area contributed by atoms with Crippen LogP contribution in [0.5, 0.6) is 17.2 Å². The molecule has 0 heterocycles. The molecule has 0 bridgehead atoms. The van der Waals surface area contributed by atoms with Crippen molar-refractivity contribution >= 4 is 18.0 Å². The second kappa shape index (κ2) is 12.9. The van der Waals surface area contributed by atoms with Gasteiger partial charge in [-0.3, -0.25) is 4.79 Å². The lowest BCUT2D eigenvalue weighted by molar-refractivity contribution is -0.143. The maximum absolute atomic E-state index is 11.8. The Bertz CT molecular complexity index is 832. The summed E-state index contributed by atoms with van der Waals surface area (Å²) in [4.78, 5) is 23.6. The van der Waals surface area contributed by atoms with Gasteiger partial charge in [0.15, 0.2) is 6.61 Å². The molecular formula is C23H27NO6. The monoisotopic (exact) mass is 413 g/mol. The first-order valence-electron chi connectivity index (χ1n) is 9.81. The van der Waals surface area contributed by atoms with Crippen LogP contribution < -0.4 is 19.5 Å². The summed E-state index contributed by atoms with van der Waals surface area (Å²) < 4.78 is 21.3. The van der Waals surface area contributed by atoms with Gasteiger partial charge in [-0.15, -0.1) is 0 Å². The standard InChI is InChI=1S/C23H27NO6/c1-3-27-19-10-12-20(13-11-19)29-16-15-24-22(25)17-30-23(26)14-9-18-7-5-6-8-21(18)28-4-2/h5-14H,3-4,15-17H2,1-2H3,(H,24,25)/b14-9+. The summed E-state index contributed by atoms with van der Waals surface area (Å²) >= 11 is 0. The molecule has 0 aliphatic carbocycles. The van der Waals surface area contributed by atoms with Crippen LogP contribution in [0, 0.1) is 0 Å². The van der Waals surface area contributed by atoms with E-state index in [1.807, 2.05) is 50.2 Å². The molecule has 2 rings (SSSR count). The summed E-state index contributed by atoms with van der Waals surface area (Å²) in [6.45, 7) is 5.16. The van der Waals surface area contributed by atoms with E-state index in [4.69, 9.17) is 18.9 Å². The smallest absolute Gasteiger partial charge is 0.331 e. The molecule has 0 atom stereocenters. The topological polar surface area (TPSA) is 83.1 Å². The zero-order valence-corrected chi connectivity index (χ0v) is 17.3. The molecule has 2 aromatic rings.